The smallest absolute Gasteiger partial charge is 0.00927 e. The molecule has 0 aromatic rings. The Labute approximate surface area is 83.3 Å². The minimum Gasteiger partial charge on any atom is -0.314 e. The summed E-state index contributed by atoms with van der Waals surface area (Å²) in [7, 11) is 0. The SMILES string of the molecule is CCCC[C@H]1CCN[C@@H](C(C)C)C1. The lowest BCUT2D eigenvalue weighted by atomic mass is 9.84. The van der Waals surface area contributed by atoms with Gasteiger partial charge >= 0.3 is 0 Å². The van der Waals surface area contributed by atoms with Gasteiger partial charge in [0.2, 0.25) is 0 Å². The zero-order valence-electron chi connectivity index (χ0n) is 9.47. The highest BCUT2D eigenvalue weighted by molar-refractivity contribution is 4.80. The van der Waals surface area contributed by atoms with Gasteiger partial charge in [-0.3, -0.25) is 0 Å². The fraction of sp³-hybridized carbons (Fsp3) is 1.00. The van der Waals surface area contributed by atoms with Crippen molar-refractivity contribution in [1.29, 1.82) is 0 Å². The average molecular weight is 183 g/mol. The zero-order valence-corrected chi connectivity index (χ0v) is 9.47. The highest BCUT2D eigenvalue weighted by atomic mass is 14.9. The van der Waals surface area contributed by atoms with Crippen molar-refractivity contribution in [2.75, 3.05) is 6.54 Å². The third-order valence-corrected chi connectivity index (χ3v) is 3.32. The van der Waals surface area contributed by atoms with Gasteiger partial charge in [0, 0.05) is 6.04 Å². The van der Waals surface area contributed by atoms with Crippen LogP contribution in [0.25, 0.3) is 0 Å². The van der Waals surface area contributed by atoms with Gasteiger partial charge in [0.1, 0.15) is 0 Å². The number of piperidine rings is 1. The van der Waals surface area contributed by atoms with Crippen LogP contribution in [-0.2, 0) is 0 Å². The maximum atomic E-state index is 3.62. The quantitative estimate of drug-likeness (QED) is 0.706. The second kappa shape index (κ2) is 5.64. The predicted molar refractivity (Wildman–Crippen MR) is 58.9 cm³/mol. The summed E-state index contributed by atoms with van der Waals surface area (Å²) in [5.41, 5.74) is 0. The van der Waals surface area contributed by atoms with Crippen molar-refractivity contribution in [3.63, 3.8) is 0 Å². The third kappa shape index (κ3) is 3.68. The van der Waals surface area contributed by atoms with Crippen molar-refractivity contribution >= 4 is 0 Å². The molecule has 78 valence electrons. The van der Waals surface area contributed by atoms with Crippen LogP contribution in [0.1, 0.15) is 52.9 Å². The first kappa shape index (κ1) is 11.0. The molecule has 0 spiro atoms. The van der Waals surface area contributed by atoms with Crippen LogP contribution in [0.2, 0.25) is 0 Å². The summed E-state index contributed by atoms with van der Waals surface area (Å²) in [5, 5.41) is 3.62. The Kier molecular flexibility index (Phi) is 4.79. The monoisotopic (exact) mass is 183 g/mol. The average Bonchev–Trinajstić information content (AvgIpc) is 2.15. The molecular weight excluding hydrogens is 158 g/mol. The molecule has 1 aliphatic heterocycles. The molecule has 2 atom stereocenters. The van der Waals surface area contributed by atoms with Crippen molar-refractivity contribution in [3.05, 3.63) is 0 Å². The number of hydrogen-bond donors (Lipinski definition) is 1. The van der Waals surface area contributed by atoms with Gasteiger partial charge in [-0.25, -0.2) is 0 Å². The lowest BCUT2D eigenvalue weighted by Gasteiger charge is -2.32. The van der Waals surface area contributed by atoms with E-state index in [4.69, 9.17) is 0 Å². The molecule has 1 fully saturated rings. The lowest BCUT2D eigenvalue weighted by molar-refractivity contribution is 0.242. The van der Waals surface area contributed by atoms with Gasteiger partial charge in [-0.05, 0) is 31.2 Å². The van der Waals surface area contributed by atoms with Crippen molar-refractivity contribution < 1.29 is 0 Å². The topological polar surface area (TPSA) is 12.0 Å². The minimum atomic E-state index is 0.788. The highest BCUT2D eigenvalue weighted by Gasteiger charge is 2.22. The van der Waals surface area contributed by atoms with E-state index in [1.807, 2.05) is 0 Å². The van der Waals surface area contributed by atoms with E-state index in [-0.39, 0.29) is 0 Å². The second-order valence-electron chi connectivity index (χ2n) is 4.84. The number of hydrogen-bond acceptors (Lipinski definition) is 1. The van der Waals surface area contributed by atoms with Gasteiger partial charge < -0.3 is 5.32 Å². The summed E-state index contributed by atoms with van der Waals surface area (Å²) in [6.45, 7) is 8.21. The Balaban J connectivity index is 2.25. The van der Waals surface area contributed by atoms with Crippen molar-refractivity contribution in [1.82, 2.24) is 5.32 Å². The minimum absolute atomic E-state index is 0.788. The molecule has 1 rings (SSSR count). The molecule has 1 heteroatoms. The first-order valence-corrected chi connectivity index (χ1v) is 5.97. The zero-order chi connectivity index (χ0) is 9.68. The van der Waals surface area contributed by atoms with Gasteiger partial charge in [0.05, 0.1) is 0 Å². The van der Waals surface area contributed by atoms with E-state index in [1.54, 1.807) is 0 Å². The van der Waals surface area contributed by atoms with Crippen LogP contribution in [0, 0.1) is 11.8 Å². The first-order valence-electron chi connectivity index (χ1n) is 5.97. The normalized spacial score (nSPS) is 29.5. The number of nitrogens with one attached hydrogen (secondary N) is 1. The maximum Gasteiger partial charge on any atom is 0.00927 e. The summed E-state index contributed by atoms with van der Waals surface area (Å²) < 4.78 is 0. The van der Waals surface area contributed by atoms with E-state index < -0.39 is 0 Å². The summed E-state index contributed by atoms with van der Waals surface area (Å²) in [4.78, 5) is 0. The summed E-state index contributed by atoms with van der Waals surface area (Å²) in [6, 6.07) is 0.788. The predicted octanol–water partition coefficient (Wildman–Crippen LogP) is 3.20. The van der Waals surface area contributed by atoms with E-state index in [0.717, 1.165) is 17.9 Å². The molecule has 0 saturated carbocycles. The Bertz CT molecular complexity index is 131. The van der Waals surface area contributed by atoms with Crippen LogP contribution >= 0.6 is 0 Å². The standard InChI is InChI=1S/C12H25N/c1-4-5-6-11-7-8-13-12(9-11)10(2)3/h10-13H,4-9H2,1-3H3/t11-,12+/m0/s1. The highest BCUT2D eigenvalue weighted by Crippen LogP contribution is 2.24. The van der Waals surface area contributed by atoms with E-state index in [0.29, 0.717) is 0 Å². The molecule has 0 unspecified atom stereocenters. The second-order valence-corrected chi connectivity index (χ2v) is 4.84. The Morgan fingerprint density at radius 1 is 1.38 bits per heavy atom. The molecular formula is C12H25N. The van der Waals surface area contributed by atoms with Gasteiger partial charge in [-0.2, -0.15) is 0 Å². The van der Waals surface area contributed by atoms with E-state index in [1.165, 1.54) is 38.6 Å². The van der Waals surface area contributed by atoms with Crippen LogP contribution in [0.15, 0.2) is 0 Å². The van der Waals surface area contributed by atoms with E-state index in [2.05, 4.69) is 26.1 Å². The van der Waals surface area contributed by atoms with Crippen LogP contribution in [0.4, 0.5) is 0 Å². The molecule has 1 N–H and O–H groups in total. The number of unbranched alkanes of at least 4 members (excludes halogenated alkanes) is 1. The largest absolute Gasteiger partial charge is 0.314 e. The van der Waals surface area contributed by atoms with Gasteiger partial charge in [-0.15, -0.1) is 0 Å². The van der Waals surface area contributed by atoms with Gasteiger partial charge in [0.15, 0.2) is 0 Å². The Morgan fingerprint density at radius 2 is 2.15 bits per heavy atom. The summed E-state index contributed by atoms with van der Waals surface area (Å²) >= 11 is 0. The van der Waals surface area contributed by atoms with E-state index in [9.17, 15) is 0 Å². The molecule has 1 saturated heterocycles. The van der Waals surface area contributed by atoms with Crippen molar-refractivity contribution in [2.24, 2.45) is 11.8 Å². The van der Waals surface area contributed by atoms with Gasteiger partial charge in [-0.1, -0.05) is 40.0 Å². The fourth-order valence-electron chi connectivity index (χ4n) is 2.30. The third-order valence-electron chi connectivity index (χ3n) is 3.32. The van der Waals surface area contributed by atoms with Crippen LogP contribution in [0.3, 0.4) is 0 Å². The molecule has 0 radical (unpaired) electrons. The summed E-state index contributed by atoms with van der Waals surface area (Å²) in [6.07, 6.45) is 7.06. The Hall–Kier alpha value is -0.0400. The molecule has 1 heterocycles. The van der Waals surface area contributed by atoms with Crippen LogP contribution in [0.5, 0.6) is 0 Å². The van der Waals surface area contributed by atoms with Crippen LogP contribution in [-0.4, -0.2) is 12.6 Å². The summed E-state index contributed by atoms with van der Waals surface area (Å²) in [5.74, 6) is 1.82. The molecule has 0 aromatic carbocycles. The van der Waals surface area contributed by atoms with Gasteiger partial charge in [0.25, 0.3) is 0 Å². The van der Waals surface area contributed by atoms with Crippen molar-refractivity contribution in [2.45, 2.75) is 58.9 Å². The molecule has 13 heavy (non-hydrogen) atoms. The molecule has 1 aliphatic rings. The maximum absolute atomic E-state index is 3.62. The first-order chi connectivity index (χ1) is 6.24. The molecule has 0 aliphatic carbocycles. The lowest BCUT2D eigenvalue weighted by Crippen LogP contribution is -2.41. The van der Waals surface area contributed by atoms with Crippen molar-refractivity contribution in [3.8, 4) is 0 Å². The Morgan fingerprint density at radius 3 is 2.77 bits per heavy atom. The molecule has 0 bridgehead atoms. The van der Waals surface area contributed by atoms with Crippen LogP contribution < -0.4 is 5.32 Å². The molecule has 0 amide bonds. The molecule has 0 aromatic heterocycles. The van der Waals surface area contributed by atoms with E-state index >= 15 is 0 Å². The fourth-order valence-corrected chi connectivity index (χ4v) is 2.30. The number of rotatable bonds is 4. The molecule has 1 nitrogen and oxygen atoms in total.